The Morgan fingerprint density at radius 1 is 1.40 bits per heavy atom. The number of ether oxygens (including phenoxy) is 1. The maximum Gasteiger partial charge on any atom is 0.304 e. The van der Waals surface area contributed by atoms with Gasteiger partial charge in [0.05, 0.1) is 18.6 Å². The van der Waals surface area contributed by atoms with E-state index in [0.717, 1.165) is 12.8 Å². The van der Waals surface area contributed by atoms with Crippen molar-refractivity contribution in [3.05, 3.63) is 0 Å². The quantitative estimate of drug-likeness (QED) is 0.769. The predicted molar refractivity (Wildman–Crippen MR) is 57.9 cm³/mol. The van der Waals surface area contributed by atoms with Gasteiger partial charge in [-0.2, -0.15) is 0 Å². The third-order valence-electron chi connectivity index (χ3n) is 2.97. The van der Waals surface area contributed by atoms with E-state index in [9.17, 15) is 4.79 Å². The van der Waals surface area contributed by atoms with Gasteiger partial charge in [-0.15, -0.1) is 0 Å². The highest BCUT2D eigenvalue weighted by molar-refractivity contribution is 5.66. The third-order valence-corrected chi connectivity index (χ3v) is 2.97. The molecule has 2 atom stereocenters. The van der Waals surface area contributed by atoms with Gasteiger partial charge in [0, 0.05) is 12.6 Å². The highest BCUT2D eigenvalue weighted by Gasteiger charge is 2.27. The van der Waals surface area contributed by atoms with Gasteiger partial charge in [-0.3, -0.25) is 4.79 Å². The zero-order chi connectivity index (χ0) is 11.4. The summed E-state index contributed by atoms with van der Waals surface area (Å²) in [5.41, 5.74) is 0. The van der Waals surface area contributed by atoms with E-state index in [2.05, 4.69) is 18.7 Å². The third kappa shape index (κ3) is 4.18. The fourth-order valence-electron chi connectivity index (χ4n) is 2.18. The molecule has 1 saturated heterocycles. The van der Waals surface area contributed by atoms with Gasteiger partial charge < -0.3 is 14.7 Å². The molecule has 2 unspecified atom stereocenters. The van der Waals surface area contributed by atoms with Gasteiger partial charge in [0.2, 0.25) is 0 Å². The van der Waals surface area contributed by atoms with Crippen LogP contribution in [-0.4, -0.2) is 47.8 Å². The van der Waals surface area contributed by atoms with Crippen LogP contribution in [-0.2, 0) is 9.53 Å². The molecule has 0 aromatic rings. The van der Waals surface area contributed by atoms with Crippen LogP contribution in [0.1, 0.15) is 33.1 Å². The van der Waals surface area contributed by atoms with E-state index >= 15 is 0 Å². The van der Waals surface area contributed by atoms with E-state index in [0.29, 0.717) is 12.6 Å². The van der Waals surface area contributed by atoms with Crippen molar-refractivity contribution in [1.82, 2.24) is 4.90 Å². The van der Waals surface area contributed by atoms with Gasteiger partial charge in [-0.25, -0.2) is 0 Å². The Morgan fingerprint density at radius 3 is 2.40 bits per heavy atom. The van der Waals surface area contributed by atoms with Gasteiger partial charge in [0.15, 0.2) is 0 Å². The molecule has 1 fully saturated rings. The molecule has 88 valence electrons. The van der Waals surface area contributed by atoms with E-state index in [1.54, 1.807) is 0 Å². The summed E-state index contributed by atoms with van der Waals surface area (Å²) in [7, 11) is 2.00. The standard InChI is InChI=1S/C11H21NO3/c1-8-6-10(7-9(2)15-8)12(3)5-4-11(13)14/h8-10H,4-7H2,1-3H3,(H,13,14). The number of rotatable bonds is 4. The highest BCUT2D eigenvalue weighted by Crippen LogP contribution is 2.22. The highest BCUT2D eigenvalue weighted by atomic mass is 16.5. The van der Waals surface area contributed by atoms with Gasteiger partial charge in [-0.1, -0.05) is 0 Å². The maximum absolute atomic E-state index is 10.5. The summed E-state index contributed by atoms with van der Waals surface area (Å²) in [6.07, 6.45) is 2.79. The van der Waals surface area contributed by atoms with Crippen LogP contribution in [0.3, 0.4) is 0 Å². The lowest BCUT2D eigenvalue weighted by atomic mass is 9.98. The second-order valence-corrected chi connectivity index (χ2v) is 4.51. The van der Waals surface area contributed by atoms with E-state index < -0.39 is 5.97 Å². The smallest absolute Gasteiger partial charge is 0.304 e. The normalized spacial score (nSPS) is 31.9. The average Bonchev–Trinajstić information content (AvgIpc) is 2.12. The summed E-state index contributed by atoms with van der Waals surface area (Å²) in [5, 5.41) is 8.61. The predicted octanol–water partition coefficient (Wildman–Crippen LogP) is 1.35. The molecule has 0 amide bonds. The van der Waals surface area contributed by atoms with Gasteiger partial charge in [-0.05, 0) is 33.7 Å². The minimum atomic E-state index is -0.727. The number of carbonyl (C=O) groups is 1. The first-order chi connectivity index (χ1) is 6.99. The lowest BCUT2D eigenvalue weighted by Crippen LogP contribution is -2.43. The van der Waals surface area contributed by atoms with Crippen LogP contribution in [0, 0.1) is 0 Å². The Labute approximate surface area is 91.2 Å². The molecule has 0 aromatic carbocycles. The number of aliphatic carboxylic acids is 1. The lowest BCUT2D eigenvalue weighted by Gasteiger charge is -2.37. The molecule has 1 N–H and O–H groups in total. The van der Waals surface area contributed by atoms with Crippen molar-refractivity contribution in [3.8, 4) is 0 Å². The van der Waals surface area contributed by atoms with E-state index in [4.69, 9.17) is 9.84 Å². The van der Waals surface area contributed by atoms with E-state index in [-0.39, 0.29) is 18.6 Å². The monoisotopic (exact) mass is 215 g/mol. The van der Waals surface area contributed by atoms with Crippen molar-refractivity contribution in [2.45, 2.75) is 51.4 Å². The van der Waals surface area contributed by atoms with Crippen LogP contribution < -0.4 is 0 Å². The summed E-state index contributed by atoms with van der Waals surface area (Å²) in [4.78, 5) is 12.6. The molecule has 0 spiro atoms. The van der Waals surface area contributed by atoms with Crippen molar-refractivity contribution in [2.75, 3.05) is 13.6 Å². The Morgan fingerprint density at radius 2 is 1.93 bits per heavy atom. The van der Waals surface area contributed by atoms with Crippen molar-refractivity contribution in [3.63, 3.8) is 0 Å². The Bertz CT molecular complexity index is 210. The summed E-state index contributed by atoms with van der Waals surface area (Å²) in [6.45, 7) is 4.78. The van der Waals surface area contributed by atoms with Crippen LogP contribution in [0.25, 0.3) is 0 Å². The first-order valence-corrected chi connectivity index (χ1v) is 5.56. The molecule has 0 aromatic heterocycles. The Kier molecular flexibility index (Phi) is 4.54. The molecular formula is C11H21NO3. The van der Waals surface area contributed by atoms with Crippen LogP contribution in [0.2, 0.25) is 0 Å². The summed E-state index contributed by atoms with van der Waals surface area (Å²) < 4.78 is 5.65. The molecule has 1 aliphatic heterocycles. The molecular weight excluding hydrogens is 194 g/mol. The van der Waals surface area contributed by atoms with Crippen molar-refractivity contribution >= 4 is 5.97 Å². The summed E-state index contributed by atoms with van der Waals surface area (Å²) in [6, 6.07) is 0.461. The van der Waals surface area contributed by atoms with Gasteiger partial charge in [0.25, 0.3) is 0 Å². The molecule has 1 rings (SSSR count). The molecule has 1 heterocycles. The van der Waals surface area contributed by atoms with Gasteiger partial charge >= 0.3 is 5.97 Å². The second kappa shape index (κ2) is 5.47. The van der Waals surface area contributed by atoms with Gasteiger partial charge in [0.1, 0.15) is 0 Å². The van der Waals surface area contributed by atoms with Crippen LogP contribution in [0.15, 0.2) is 0 Å². The molecule has 4 nitrogen and oxygen atoms in total. The minimum absolute atomic E-state index is 0.219. The fourth-order valence-corrected chi connectivity index (χ4v) is 2.18. The number of hydrogen-bond acceptors (Lipinski definition) is 3. The molecule has 0 saturated carbocycles. The van der Waals surface area contributed by atoms with Crippen LogP contribution >= 0.6 is 0 Å². The largest absolute Gasteiger partial charge is 0.481 e. The molecule has 0 bridgehead atoms. The molecule has 1 aliphatic rings. The Balaban J connectivity index is 2.37. The fraction of sp³-hybridized carbons (Fsp3) is 0.909. The van der Waals surface area contributed by atoms with Crippen molar-refractivity contribution < 1.29 is 14.6 Å². The first-order valence-electron chi connectivity index (χ1n) is 5.56. The first kappa shape index (κ1) is 12.5. The summed E-state index contributed by atoms with van der Waals surface area (Å²) in [5.74, 6) is -0.727. The van der Waals surface area contributed by atoms with Crippen LogP contribution in [0.5, 0.6) is 0 Å². The minimum Gasteiger partial charge on any atom is -0.481 e. The summed E-state index contributed by atoms with van der Waals surface area (Å²) >= 11 is 0. The van der Waals surface area contributed by atoms with E-state index in [1.165, 1.54) is 0 Å². The number of carboxylic acids is 1. The SMILES string of the molecule is CC1CC(N(C)CCC(=O)O)CC(C)O1. The molecule has 15 heavy (non-hydrogen) atoms. The number of carboxylic acid groups (broad SMARTS) is 1. The number of hydrogen-bond donors (Lipinski definition) is 1. The maximum atomic E-state index is 10.5. The average molecular weight is 215 g/mol. The van der Waals surface area contributed by atoms with Crippen LogP contribution in [0.4, 0.5) is 0 Å². The zero-order valence-corrected chi connectivity index (χ0v) is 9.77. The number of nitrogens with zero attached hydrogens (tertiary/aromatic N) is 1. The zero-order valence-electron chi connectivity index (χ0n) is 9.77. The van der Waals surface area contributed by atoms with Crippen molar-refractivity contribution in [1.29, 1.82) is 0 Å². The van der Waals surface area contributed by atoms with Crippen molar-refractivity contribution in [2.24, 2.45) is 0 Å². The molecule has 0 radical (unpaired) electrons. The topological polar surface area (TPSA) is 49.8 Å². The Hall–Kier alpha value is -0.610. The van der Waals surface area contributed by atoms with E-state index in [1.807, 2.05) is 7.05 Å². The molecule has 0 aliphatic carbocycles. The lowest BCUT2D eigenvalue weighted by molar-refractivity contribution is -0.137. The second-order valence-electron chi connectivity index (χ2n) is 4.51. The molecule has 4 heteroatoms.